The number of nitrogens with one attached hydrogen (secondary N) is 1. The highest BCUT2D eigenvalue weighted by atomic mass is 16.5. The second-order valence-electron chi connectivity index (χ2n) is 5.65. The van der Waals surface area contributed by atoms with E-state index in [0.29, 0.717) is 30.3 Å². The third-order valence-corrected chi connectivity index (χ3v) is 3.84. The topological polar surface area (TPSA) is 78.3 Å². The molecule has 0 fully saturated rings. The number of hydrogen-bond donors (Lipinski definition) is 1. The molecular formula is C17H22N4O3. The molecule has 0 bridgehead atoms. The van der Waals surface area contributed by atoms with Crippen molar-refractivity contribution in [3.63, 3.8) is 0 Å². The Labute approximate surface area is 141 Å². The third-order valence-electron chi connectivity index (χ3n) is 3.84. The Kier molecular flexibility index (Phi) is 4.69. The van der Waals surface area contributed by atoms with Crippen molar-refractivity contribution in [1.29, 1.82) is 0 Å². The summed E-state index contributed by atoms with van der Waals surface area (Å²) in [6.45, 7) is 7.59. The number of rotatable bonds is 5. The van der Waals surface area contributed by atoms with Gasteiger partial charge < -0.3 is 14.8 Å². The van der Waals surface area contributed by atoms with E-state index >= 15 is 0 Å². The molecule has 0 amide bonds. The third kappa shape index (κ3) is 3.06. The summed E-state index contributed by atoms with van der Waals surface area (Å²) in [5, 5.41) is 7.71. The van der Waals surface area contributed by atoms with Gasteiger partial charge in [0.1, 0.15) is 17.1 Å². The Morgan fingerprint density at radius 2 is 2.29 bits per heavy atom. The smallest absolute Gasteiger partial charge is 0.345 e. The summed E-state index contributed by atoms with van der Waals surface area (Å²) < 4.78 is 12.8. The summed E-state index contributed by atoms with van der Waals surface area (Å²) in [7, 11) is 0. The van der Waals surface area contributed by atoms with Crippen molar-refractivity contribution < 1.29 is 14.3 Å². The van der Waals surface area contributed by atoms with E-state index < -0.39 is 5.97 Å². The number of carbonyl (C=O) groups is 1. The van der Waals surface area contributed by atoms with Crippen LogP contribution in [-0.4, -0.2) is 40.0 Å². The summed E-state index contributed by atoms with van der Waals surface area (Å²) in [5.74, 6) is 0.851. The van der Waals surface area contributed by atoms with Gasteiger partial charge in [0, 0.05) is 31.3 Å². The number of ether oxygens (including phenoxy) is 2. The van der Waals surface area contributed by atoms with E-state index in [1.54, 1.807) is 17.8 Å². The van der Waals surface area contributed by atoms with Gasteiger partial charge in [-0.1, -0.05) is 0 Å². The van der Waals surface area contributed by atoms with Gasteiger partial charge in [-0.05, 0) is 32.9 Å². The molecule has 24 heavy (non-hydrogen) atoms. The molecule has 0 spiro atoms. The highest BCUT2D eigenvalue weighted by molar-refractivity contribution is 5.98. The van der Waals surface area contributed by atoms with Gasteiger partial charge >= 0.3 is 5.97 Å². The summed E-state index contributed by atoms with van der Waals surface area (Å²) in [6.07, 6.45) is 2.61. The number of nitrogens with zero attached hydrogens (tertiary/aromatic N) is 3. The first-order valence-electron chi connectivity index (χ1n) is 8.28. The molecule has 1 aliphatic heterocycles. The molecule has 2 aromatic heterocycles. The molecule has 0 aliphatic carbocycles. The van der Waals surface area contributed by atoms with Crippen LogP contribution in [0.5, 0.6) is 5.88 Å². The van der Waals surface area contributed by atoms with Gasteiger partial charge in [-0.15, -0.1) is 0 Å². The van der Waals surface area contributed by atoms with Crippen molar-refractivity contribution in [2.75, 3.05) is 18.5 Å². The maximum atomic E-state index is 12.5. The van der Waals surface area contributed by atoms with Crippen molar-refractivity contribution in [3.05, 3.63) is 23.9 Å². The number of hydrogen-bond acceptors (Lipinski definition) is 6. The lowest BCUT2D eigenvalue weighted by Crippen LogP contribution is -2.24. The normalized spacial score (nSPS) is 16.2. The summed E-state index contributed by atoms with van der Waals surface area (Å²) in [5.41, 5.74) is 1.69. The number of anilines is 1. The largest absolute Gasteiger partial charge is 0.474 e. The number of aromatic nitrogens is 3. The van der Waals surface area contributed by atoms with Crippen LogP contribution in [0.3, 0.4) is 0 Å². The zero-order valence-electron chi connectivity index (χ0n) is 14.2. The molecule has 7 nitrogen and oxygen atoms in total. The molecular weight excluding hydrogens is 308 g/mol. The van der Waals surface area contributed by atoms with Gasteiger partial charge in [0.25, 0.3) is 0 Å². The first-order chi connectivity index (χ1) is 11.6. The predicted octanol–water partition coefficient (Wildman–Crippen LogP) is 2.72. The van der Waals surface area contributed by atoms with Crippen molar-refractivity contribution in [2.45, 2.75) is 39.8 Å². The van der Waals surface area contributed by atoms with E-state index in [4.69, 9.17) is 9.47 Å². The Morgan fingerprint density at radius 3 is 2.96 bits per heavy atom. The number of esters is 1. The van der Waals surface area contributed by atoms with Gasteiger partial charge in [-0.25, -0.2) is 14.5 Å². The number of fused-ring (bicyclic) bond motifs is 1. The Bertz CT molecular complexity index is 724. The lowest BCUT2D eigenvalue weighted by Gasteiger charge is -2.21. The molecule has 1 aliphatic rings. The molecule has 0 radical (unpaired) electrons. The van der Waals surface area contributed by atoms with Crippen molar-refractivity contribution in [2.24, 2.45) is 0 Å². The lowest BCUT2D eigenvalue weighted by molar-refractivity contribution is 0.0515. The predicted molar refractivity (Wildman–Crippen MR) is 90.3 cm³/mol. The molecule has 1 N–H and O–H groups in total. The lowest BCUT2D eigenvalue weighted by atomic mass is 10.1. The number of pyridine rings is 1. The van der Waals surface area contributed by atoms with E-state index in [0.717, 1.165) is 24.3 Å². The van der Waals surface area contributed by atoms with Gasteiger partial charge in [-0.2, -0.15) is 5.10 Å². The van der Waals surface area contributed by atoms with Crippen LogP contribution >= 0.6 is 0 Å². The highest BCUT2D eigenvalue weighted by Crippen LogP contribution is 2.34. The average Bonchev–Trinajstić information content (AvgIpc) is 2.94. The zero-order valence-corrected chi connectivity index (χ0v) is 14.2. The molecule has 0 aromatic carbocycles. The summed E-state index contributed by atoms with van der Waals surface area (Å²) in [6, 6.07) is 3.76. The fourth-order valence-corrected chi connectivity index (χ4v) is 2.68. The molecule has 0 saturated heterocycles. The quantitative estimate of drug-likeness (QED) is 0.849. The Morgan fingerprint density at radius 1 is 1.46 bits per heavy atom. The van der Waals surface area contributed by atoms with Crippen molar-refractivity contribution >= 4 is 11.8 Å². The van der Waals surface area contributed by atoms with Crippen LogP contribution in [0.15, 0.2) is 18.3 Å². The van der Waals surface area contributed by atoms with Crippen LogP contribution < -0.4 is 10.1 Å². The molecule has 2 aromatic rings. The second kappa shape index (κ2) is 6.90. The molecule has 0 unspecified atom stereocenters. The summed E-state index contributed by atoms with van der Waals surface area (Å²) >= 11 is 0. The SMILES string of the molecule is CCNc1ccc(-c2nn3c(c2C(=O)OCC)O[C@H](C)CC3)cn1. The van der Waals surface area contributed by atoms with Crippen LogP contribution in [0.25, 0.3) is 11.3 Å². The van der Waals surface area contributed by atoms with E-state index in [2.05, 4.69) is 15.4 Å². The molecule has 0 saturated carbocycles. The van der Waals surface area contributed by atoms with E-state index in [1.165, 1.54) is 0 Å². The Hall–Kier alpha value is -2.57. The maximum absolute atomic E-state index is 12.5. The maximum Gasteiger partial charge on any atom is 0.345 e. The second-order valence-corrected chi connectivity index (χ2v) is 5.65. The van der Waals surface area contributed by atoms with Crippen LogP contribution in [0, 0.1) is 0 Å². The fraction of sp³-hybridized carbons (Fsp3) is 0.471. The molecule has 3 rings (SSSR count). The van der Waals surface area contributed by atoms with Gasteiger partial charge in [0.2, 0.25) is 5.88 Å². The minimum absolute atomic E-state index is 0.0458. The molecule has 128 valence electrons. The molecule has 1 atom stereocenters. The molecule has 3 heterocycles. The van der Waals surface area contributed by atoms with Gasteiger partial charge in [0.05, 0.1) is 12.7 Å². The number of carbonyl (C=O) groups excluding carboxylic acids is 1. The first kappa shape index (κ1) is 16.3. The standard InChI is InChI=1S/C17H22N4O3/c1-4-18-13-7-6-12(10-19-13)15-14(17(22)23-5-2)16-21(20-15)9-8-11(3)24-16/h6-7,10-11H,4-5,8-9H2,1-3H3,(H,18,19)/t11-/m1/s1. The molecule has 7 heteroatoms. The van der Waals surface area contributed by atoms with Crippen molar-refractivity contribution in [3.8, 4) is 17.1 Å². The van der Waals surface area contributed by atoms with Crippen LogP contribution in [0.1, 0.15) is 37.6 Å². The van der Waals surface area contributed by atoms with Gasteiger partial charge in [-0.3, -0.25) is 0 Å². The van der Waals surface area contributed by atoms with E-state index in [9.17, 15) is 4.79 Å². The van der Waals surface area contributed by atoms with Crippen LogP contribution in [-0.2, 0) is 11.3 Å². The first-order valence-corrected chi connectivity index (χ1v) is 8.28. The number of aryl methyl sites for hydroxylation is 1. The highest BCUT2D eigenvalue weighted by Gasteiger charge is 2.31. The van der Waals surface area contributed by atoms with E-state index in [1.807, 2.05) is 26.0 Å². The minimum Gasteiger partial charge on any atom is -0.474 e. The van der Waals surface area contributed by atoms with Gasteiger partial charge in [0.15, 0.2) is 0 Å². The van der Waals surface area contributed by atoms with Crippen LogP contribution in [0.4, 0.5) is 5.82 Å². The van der Waals surface area contributed by atoms with Crippen molar-refractivity contribution in [1.82, 2.24) is 14.8 Å². The summed E-state index contributed by atoms with van der Waals surface area (Å²) in [4.78, 5) is 16.8. The van der Waals surface area contributed by atoms with E-state index in [-0.39, 0.29) is 6.10 Å². The van der Waals surface area contributed by atoms with Crippen LogP contribution in [0.2, 0.25) is 0 Å². The fourth-order valence-electron chi connectivity index (χ4n) is 2.68. The minimum atomic E-state index is -0.418. The zero-order chi connectivity index (χ0) is 17.1. The Balaban J connectivity index is 2.04. The average molecular weight is 330 g/mol. The monoisotopic (exact) mass is 330 g/mol.